The summed E-state index contributed by atoms with van der Waals surface area (Å²) < 4.78 is 0. The van der Waals surface area contributed by atoms with Crippen molar-refractivity contribution >= 4 is 0 Å². The number of nitrogens with one attached hydrogen (secondary N) is 1. The molecule has 0 radical (unpaired) electrons. The predicted octanol–water partition coefficient (Wildman–Crippen LogP) is 2.18. The van der Waals surface area contributed by atoms with Crippen LogP contribution in [0, 0.1) is 11.8 Å². The molecule has 2 heterocycles. The van der Waals surface area contributed by atoms with E-state index in [1.54, 1.807) is 0 Å². The molecule has 0 bridgehead atoms. The zero-order valence-corrected chi connectivity index (χ0v) is 13.5. The summed E-state index contributed by atoms with van der Waals surface area (Å²) in [5.41, 5.74) is 0. The molecule has 20 heavy (non-hydrogen) atoms. The van der Waals surface area contributed by atoms with Crippen LogP contribution in [0.15, 0.2) is 0 Å². The molecule has 1 aliphatic carbocycles. The lowest BCUT2D eigenvalue weighted by Gasteiger charge is -2.45. The predicted molar refractivity (Wildman–Crippen MR) is 85.0 cm³/mol. The zero-order valence-electron chi connectivity index (χ0n) is 13.5. The Morgan fingerprint density at radius 2 is 1.80 bits per heavy atom. The van der Waals surface area contributed by atoms with Crippen LogP contribution in [0.5, 0.6) is 0 Å². The maximum atomic E-state index is 3.68. The number of nitrogens with zero attached hydrogens (tertiary/aromatic N) is 2. The Balaban J connectivity index is 1.48. The highest BCUT2D eigenvalue weighted by Crippen LogP contribution is 2.34. The van der Waals surface area contributed by atoms with Gasteiger partial charge in [-0.25, -0.2) is 0 Å². The molecule has 1 N–H and O–H groups in total. The van der Waals surface area contributed by atoms with Gasteiger partial charge in [0.25, 0.3) is 0 Å². The maximum absolute atomic E-state index is 3.68. The second-order valence-corrected chi connectivity index (χ2v) is 7.64. The minimum atomic E-state index is 0.777. The van der Waals surface area contributed by atoms with Gasteiger partial charge in [0, 0.05) is 18.6 Å². The zero-order chi connectivity index (χ0) is 13.9. The van der Waals surface area contributed by atoms with Crippen molar-refractivity contribution in [2.45, 2.75) is 58.0 Å². The van der Waals surface area contributed by atoms with E-state index in [-0.39, 0.29) is 0 Å². The summed E-state index contributed by atoms with van der Waals surface area (Å²) in [7, 11) is 0. The van der Waals surface area contributed by atoms with Crippen molar-refractivity contribution < 1.29 is 0 Å². The molecule has 3 atom stereocenters. The Labute approximate surface area is 125 Å². The molecule has 0 aromatic carbocycles. The topological polar surface area (TPSA) is 18.5 Å². The van der Waals surface area contributed by atoms with Gasteiger partial charge in [-0.05, 0) is 76.7 Å². The summed E-state index contributed by atoms with van der Waals surface area (Å²) in [6, 6.07) is 1.76. The third-order valence-electron chi connectivity index (χ3n) is 5.64. The molecule has 2 aliphatic heterocycles. The summed E-state index contributed by atoms with van der Waals surface area (Å²) in [5, 5.41) is 3.68. The van der Waals surface area contributed by atoms with Crippen molar-refractivity contribution in [1.29, 1.82) is 0 Å². The van der Waals surface area contributed by atoms with Gasteiger partial charge in [-0.2, -0.15) is 0 Å². The molecular formula is C17H33N3. The molecule has 3 heteroatoms. The molecule has 0 amide bonds. The van der Waals surface area contributed by atoms with E-state index < -0.39 is 0 Å². The molecule has 3 aliphatic rings. The van der Waals surface area contributed by atoms with Gasteiger partial charge in [-0.15, -0.1) is 0 Å². The van der Waals surface area contributed by atoms with E-state index in [2.05, 4.69) is 29.0 Å². The van der Waals surface area contributed by atoms with Crippen molar-refractivity contribution in [3.63, 3.8) is 0 Å². The van der Waals surface area contributed by atoms with E-state index in [1.165, 1.54) is 71.4 Å². The molecule has 0 spiro atoms. The molecule has 1 saturated carbocycles. The largest absolute Gasteiger partial charge is 0.316 e. The van der Waals surface area contributed by atoms with Gasteiger partial charge in [0.15, 0.2) is 0 Å². The fourth-order valence-electron chi connectivity index (χ4n) is 4.36. The van der Waals surface area contributed by atoms with Crippen molar-refractivity contribution in [1.82, 2.24) is 15.1 Å². The Bertz CT molecular complexity index is 305. The third kappa shape index (κ3) is 3.37. The summed E-state index contributed by atoms with van der Waals surface area (Å²) >= 11 is 0. The van der Waals surface area contributed by atoms with Gasteiger partial charge in [0.1, 0.15) is 0 Å². The lowest BCUT2D eigenvalue weighted by Crippen LogP contribution is -2.52. The van der Waals surface area contributed by atoms with Crippen LogP contribution in [0.3, 0.4) is 0 Å². The van der Waals surface area contributed by atoms with E-state index in [4.69, 9.17) is 0 Å². The molecule has 0 aromatic heterocycles. The highest BCUT2D eigenvalue weighted by Gasteiger charge is 2.38. The van der Waals surface area contributed by atoms with Crippen molar-refractivity contribution in [3.8, 4) is 0 Å². The summed E-state index contributed by atoms with van der Waals surface area (Å²) in [6.07, 6.45) is 7.16. The van der Waals surface area contributed by atoms with Gasteiger partial charge in [0.05, 0.1) is 0 Å². The summed E-state index contributed by atoms with van der Waals surface area (Å²) in [6.45, 7) is 12.4. The SMILES string of the molecule is CC(C)CNCC1CCC1N1CCCN2CCCC2C1. The Morgan fingerprint density at radius 3 is 2.55 bits per heavy atom. The summed E-state index contributed by atoms with van der Waals surface area (Å²) in [5.74, 6) is 1.69. The van der Waals surface area contributed by atoms with Crippen LogP contribution < -0.4 is 5.32 Å². The Hall–Kier alpha value is -0.120. The van der Waals surface area contributed by atoms with Crippen LogP contribution in [0.25, 0.3) is 0 Å². The number of rotatable bonds is 5. The van der Waals surface area contributed by atoms with Gasteiger partial charge >= 0.3 is 0 Å². The van der Waals surface area contributed by atoms with E-state index in [9.17, 15) is 0 Å². The van der Waals surface area contributed by atoms with Crippen LogP contribution in [-0.4, -0.2) is 61.2 Å². The molecule has 3 fully saturated rings. The van der Waals surface area contributed by atoms with E-state index >= 15 is 0 Å². The average Bonchev–Trinajstić information content (AvgIpc) is 2.72. The van der Waals surface area contributed by atoms with E-state index in [1.807, 2.05) is 0 Å². The molecule has 0 aromatic rings. The molecule has 3 rings (SSSR count). The average molecular weight is 279 g/mol. The third-order valence-corrected chi connectivity index (χ3v) is 5.64. The fraction of sp³-hybridized carbons (Fsp3) is 1.00. The van der Waals surface area contributed by atoms with Gasteiger partial charge in [0.2, 0.25) is 0 Å². The molecule has 3 unspecified atom stereocenters. The van der Waals surface area contributed by atoms with Crippen LogP contribution in [-0.2, 0) is 0 Å². The Kier molecular flexibility index (Phi) is 5.00. The van der Waals surface area contributed by atoms with Crippen molar-refractivity contribution in [2.75, 3.05) is 39.3 Å². The van der Waals surface area contributed by atoms with Crippen LogP contribution in [0.4, 0.5) is 0 Å². The van der Waals surface area contributed by atoms with Crippen LogP contribution in [0.2, 0.25) is 0 Å². The standard InChI is InChI=1S/C17H33N3/c1-14(2)11-18-12-15-6-7-17(15)20-10-4-9-19-8-3-5-16(19)13-20/h14-18H,3-13H2,1-2H3. The highest BCUT2D eigenvalue weighted by molar-refractivity contribution is 4.94. The van der Waals surface area contributed by atoms with Gasteiger partial charge in [-0.3, -0.25) is 9.80 Å². The van der Waals surface area contributed by atoms with Gasteiger partial charge in [-0.1, -0.05) is 13.8 Å². The number of hydrogen-bond donors (Lipinski definition) is 1. The molecular weight excluding hydrogens is 246 g/mol. The van der Waals surface area contributed by atoms with Crippen LogP contribution in [0.1, 0.15) is 46.0 Å². The quantitative estimate of drug-likeness (QED) is 0.832. The van der Waals surface area contributed by atoms with Gasteiger partial charge < -0.3 is 5.32 Å². The van der Waals surface area contributed by atoms with Crippen molar-refractivity contribution in [3.05, 3.63) is 0 Å². The lowest BCUT2D eigenvalue weighted by atomic mass is 9.78. The first kappa shape index (κ1) is 14.8. The monoisotopic (exact) mass is 279 g/mol. The maximum Gasteiger partial charge on any atom is 0.0223 e. The van der Waals surface area contributed by atoms with E-state index in [0.717, 1.165) is 23.9 Å². The highest BCUT2D eigenvalue weighted by atomic mass is 15.3. The smallest absolute Gasteiger partial charge is 0.0223 e. The second-order valence-electron chi connectivity index (χ2n) is 7.64. The first-order valence-electron chi connectivity index (χ1n) is 8.93. The fourth-order valence-corrected chi connectivity index (χ4v) is 4.36. The molecule has 116 valence electrons. The summed E-state index contributed by atoms with van der Waals surface area (Å²) in [4.78, 5) is 5.60. The van der Waals surface area contributed by atoms with Crippen molar-refractivity contribution in [2.24, 2.45) is 11.8 Å². The molecule has 2 saturated heterocycles. The first-order valence-corrected chi connectivity index (χ1v) is 8.93. The normalized spacial score (nSPS) is 35.9. The number of hydrogen-bond acceptors (Lipinski definition) is 3. The molecule has 3 nitrogen and oxygen atoms in total. The van der Waals surface area contributed by atoms with Crippen LogP contribution >= 0.6 is 0 Å². The minimum Gasteiger partial charge on any atom is -0.316 e. The lowest BCUT2D eigenvalue weighted by molar-refractivity contribution is 0.0559. The number of fused-ring (bicyclic) bond motifs is 1. The first-order chi connectivity index (χ1) is 9.74. The van der Waals surface area contributed by atoms with E-state index in [0.29, 0.717) is 0 Å². The minimum absolute atomic E-state index is 0.777. The Morgan fingerprint density at radius 1 is 1.00 bits per heavy atom. The second kappa shape index (κ2) is 6.76.